The normalized spacial score (nSPS) is 14.3. The lowest BCUT2D eigenvalue weighted by Crippen LogP contribution is -2.31. The molecule has 0 bridgehead atoms. The molecular weight excluding hydrogens is 455 g/mol. The fourth-order valence-corrected chi connectivity index (χ4v) is 3.35. The van der Waals surface area contributed by atoms with E-state index in [1.165, 1.54) is 0 Å². The van der Waals surface area contributed by atoms with Gasteiger partial charge in [0.1, 0.15) is 0 Å². The second kappa shape index (κ2) is 9.30. The number of pyridine rings is 1. The number of carboxylic acid groups (broad SMARTS) is 1. The summed E-state index contributed by atoms with van der Waals surface area (Å²) in [5, 5.41) is 9.99. The minimum atomic E-state index is -5.08. The molecule has 0 aliphatic carbocycles. The summed E-state index contributed by atoms with van der Waals surface area (Å²) in [5.41, 5.74) is 5.49. The highest BCUT2D eigenvalue weighted by molar-refractivity contribution is 5.97. The Kier molecular flexibility index (Phi) is 6.26. The second-order valence-corrected chi connectivity index (χ2v) is 7.30. The number of hydrogen-bond donors (Lipinski definition) is 3. The lowest BCUT2D eigenvalue weighted by molar-refractivity contribution is -0.192. The highest BCUT2D eigenvalue weighted by atomic mass is 19.4. The number of benzene rings is 1. The van der Waals surface area contributed by atoms with E-state index >= 15 is 0 Å². The molecule has 4 heterocycles. The third kappa shape index (κ3) is 5.20. The van der Waals surface area contributed by atoms with Crippen molar-refractivity contribution in [3.63, 3.8) is 0 Å². The predicted molar refractivity (Wildman–Crippen MR) is 115 cm³/mol. The van der Waals surface area contributed by atoms with Crippen LogP contribution in [0.2, 0.25) is 0 Å². The molecule has 0 unspecified atom stereocenters. The third-order valence-corrected chi connectivity index (χ3v) is 4.98. The molecular formula is C23H18F3N3O5. The van der Waals surface area contributed by atoms with Crippen LogP contribution >= 0.6 is 0 Å². The van der Waals surface area contributed by atoms with Crippen LogP contribution in [0.1, 0.15) is 27.3 Å². The number of aromatic nitrogens is 2. The number of carbonyl (C=O) groups is 2. The van der Waals surface area contributed by atoms with Crippen LogP contribution in [0.3, 0.4) is 0 Å². The number of aromatic amines is 1. The Balaban J connectivity index is 0.000000344. The van der Waals surface area contributed by atoms with Crippen LogP contribution < -0.4 is 14.8 Å². The molecule has 0 atom stereocenters. The molecule has 0 spiro atoms. The first-order chi connectivity index (χ1) is 16.2. The molecule has 5 rings (SSSR count). The number of rotatable bonds is 3. The number of carboxylic acids is 1. The molecule has 2 aliphatic heterocycles. The van der Waals surface area contributed by atoms with E-state index in [-0.39, 0.29) is 12.7 Å². The number of fused-ring (bicyclic) bond motifs is 2. The summed E-state index contributed by atoms with van der Waals surface area (Å²) in [6, 6.07) is 11.7. The zero-order valence-electron chi connectivity index (χ0n) is 17.5. The molecule has 11 heteroatoms. The van der Waals surface area contributed by atoms with Crippen molar-refractivity contribution in [2.45, 2.75) is 12.6 Å². The van der Waals surface area contributed by atoms with Crippen LogP contribution in [0.15, 0.2) is 42.6 Å². The third-order valence-electron chi connectivity index (χ3n) is 4.98. The standard InChI is InChI=1S/C21H17N3O3.C2HF3O2/c25-21-16-11-18(24-17(16)6-8-23-21)14-5-7-22-15(10-14)3-1-13-2-4-19-20(9-13)27-12-26-19;3-2(4,5)1(6)7/h1-5,7,9-11,24H,6,8,12H2,(H,23,25);(H,6,7)/b3-1+;. The van der Waals surface area contributed by atoms with E-state index in [4.69, 9.17) is 19.4 Å². The van der Waals surface area contributed by atoms with E-state index < -0.39 is 12.1 Å². The molecule has 1 amide bonds. The van der Waals surface area contributed by atoms with Crippen molar-refractivity contribution in [1.29, 1.82) is 0 Å². The first-order valence-corrected chi connectivity index (χ1v) is 10.0. The summed E-state index contributed by atoms with van der Waals surface area (Å²) in [4.78, 5) is 28.6. The van der Waals surface area contributed by atoms with Crippen molar-refractivity contribution in [1.82, 2.24) is 15.3 Å². The molecule has 34 heavy (non-hydrogen) atoms. The molecule has 176 valence electrons. The highest BCUT2D eigenvalue weighted by Crippen LogP contribution is 2.33. The largest absolute Gasteiger partial charge is 0.490 e. The average molecular weight is 473 g/mol. The molecule has 2 aromatic heterocycles. The summed E-state index contributed by atoms with van der Waals surface area (Å²) >= 11 is 0. The number of amides is 1. The van der Waals surface area contributed by atoms with Crippen LogP contribution in [0.5, 0.6) is 11.5 Å². The Morgan fingerprint density at radius 1 is 1.09 bits per heavy atom. The van der Waals surface area contributed by atoms with Crippen LogP contribution in [0.4, 0.5) is 13.2 Å². The van der Waals surface area contributed by atoms with Gasteiger partial charge < -0.3 is 24.9 Å². The molecule has 0 saturated carbocycles. The Bertz CT molecular complexity index is 1270. The van der Waals surface area contributed by atoms with Crippen LogP contribution in [-0.2, 0) is 11.2 Å². The van der Waals surface area contributed by atoms with Gasteiger partial charge in [0.25, 0.3) is 5.91 Å². The van der Waals surface area contributed by atoms with E-state index in [2.05, 4.69) is 15.3 Å². The summed E-state index contributed by atoms with van der Waals surface area (Å²) < 4.78 is 42.5. The fourth-order valence-electron chi connectivity index (χ4n) is 3.35. The van der Waals surface area contributed by atoms with Crippen molar-refractivity contribution in [3.05, 3.63) is 65.1 Å². The summed E-state index contributed by atoms with van der Waals surface area (Å²) in [6.45, 7) is 0.940. The molecule has 8 nitrogen and oxygen atoms in total. The number of halogens is 3. The van der Waals surface area contributed by atoms with E-state index in [0.717, 1.165) is 51.7 Å². The number of nitrogens with zero attached hydrogens (tertiary/aromatic N) is 1. The molecule has 3 N–H and O–H groups in total. The Labute approximate surface area is 191 Å². The number of ether oxygens (including phenoxy) is 2. The number of H-pyrrole nitrogens is 1. The van der Waals surface area contributed by atoms with Crippen LogP contribution in [0, 0.1) is 0 Å². The lowest BCUT2D eigenvalue weighted by atomic mass is 10.1. The SMILES string of the molecule is O=C(O)C(F)(F)F.O=C1NCCc2[nH]c(-c3ccnc(/C=C/c4ccc5c(c4)OCO5)c3)cc21. The number of nitrogens with one attached hydrogen (secondary N) is 2. The van der Waals surface area contributed by atoms with Gasteiger partial charge in [-0.3, -0.25) is 9.78 Å². The number of hydrogen-bond acceptors (Lipinski definition) is 5. The zero-order valence-corrected chi connectivity index (χ0v) is 17.5. The number of aliphatic carboxylic acids is 1. The van der Waals surface area contributed by atoms with Crippen molar-refractivity contribution in [3.8, 4) is 22.8 Å². The Hall–Kier alpha value is -4.28. The van der Waals surface area contributed by atoms with Crippen molar-refractivity contribution < 1.29 is 37.3 Å². The van der Waals surface area contributed by atoms with Gasteiger partial charge in [0, 0.05) is 36.1 Å². The van der Waals surface area contributed by atoms with Gasteiger partial charge in [-0.2, -0.15) is 13.2 Å². The Morgan fingerprint density at radius 3 is 2.59 bits per heavy atom. The quantitative estimate of drug-likeness (QED) is 0.532. The summed E-state index contributed by atoms with van der Waals surface area (Å²) in [5.74, 6) is -1.25. The Morgan fingerprint density at radius 2 is 1.85 bits per heavy atom. The van der Waals surface area contributed by atoms with Gasteiger partial charge in [0.15, 0.2) is 11.5 Å². The number of carbonyl (C=O) groups excluding carboxylic acids is 1. The fraction of sp³-hybridized carbons (Fsp3) is 0.174. The van der Waals surface area contributed by atoms with Gasteiger partial charge in [-0.15, -0.1) is 0 Å². The van der Waals surface area contributed by atoms with E-state index in [0.29, 0.717) is 6.54 Å². The van der Waals surface area contributed by atoms with E-state index in [1.807, 2.05) is 48.6 Å². The van der Waals surface area contributed by atoms with Gasteiger partial charge >= 0.3 is 12.1 Å². The van der Waals surface area contributed by atoms with Gasteiger partial charge in [0.2, 0.25) is 6.79 Å². The molecule has 0 saturated heterocycles. The maximum atomic E-state index is 12.0. The molecule has 2 aliphatic rings. The molecule has 3 aromatic rings. The first kappa shape index (κ1) is 22.9. The maximum Gasteiger partial charge on any atom is 0.490 e. The second-order valence-electron chi connectivity index (χ2n) is 7.30. The topological polar surface area (TPSA) is 114 Å². The van der Waals surface area contributed by atoms with Gasteiger partial charge in [-0.05, 0) is 42.0 Å². The van der Waals surface area contributed by atoms with E-state index in [1.54, 1.807) is 6.20 Å². The monoisotopic (exact) mass is 473 g/mol. The van der Waals surface area contributed by atoms with Crippen molar-refractivity contribution in [2.24, 2.45) is 0 Å². The lowest BCUT2D eigenvalue weighted by Gasteiger charge is -2.10. The molecule has 0 radical (unpaired) electrons. The van der Waals surface area contributed by atoms with Crippen LogP contribution in [0.25, 0.3) is 23.4 Å². The van der Waals surface area contributed by atoms with Gasteiger partial charge in [-0.1, -0.05) is 12.1 Å². The van der Waals surface area contributed by atoms with E-state index in [9.17, 15) is 18.0 Å². The van der Waals surface area contributed by atoms with Gasteiger partial charge in [-0.25, -0.2) is 4.79 Å². The van der Waals surface area contributed by atoms with Crippen LogP contribution in [-0.4, -0.2) is 46.5 Å². The number of alkyl halides is 3. The predicted octanol–water partition coefficient (Wildman–Crippen LogP) is 3.90. The van der Waals surface area contributed by atoms with Gasteiger partial charge in [0.05, 0.1) is 11.3 Å². The summed E-state index contributed by atoms with van der Waals surface area (Å²) in [7, 11) is 0. The zero-order chi connectivity index (χ0) is 24.3. The van der Waals surface area contributed by atoms with Crippen molar-refractivity contribution >= 4 is 24.0 Å². The smallest absolute Gasteiger partial charge is 0.475 e. The molecule has 1 aromatic carbocycles. The highest BCUT2D eigenvalue weighted by Gasteiger charge is 2.38. The molecule has 0 fully saturated rings. The minimum Gasteiger partial charge on any atom is -0.475 e. The minimum absolute atomic E-state index is 0.0178. The maximum absolute atomic E-state index is 12.0. The first-order valence-electron chi connectivity index (χ1n) is 10.0. The summed E-state index contributed by atoms with van der Waals surface area (Å²) in [6.07, 6.45) is 1.45. The average Bonchev–Trinajstić information content (AvgIpc) is 3.45. The van der Waals surface area contributed by atoms with Crippen molar-refractivity contribution in [2.75, 3.05) is 13.3 Å².